The molecule has 1 aliphatic rings. The van der Waals surface area contributed by atoms with Crippen molar-refractivity contribution in [2.45, 2.75) is 52.2 Å². The van der Waals surface area contributed by atoms with E-state index in [1.165, 1.54) is 18.1 Å². The first-order chi connectivity index (χ1) is 19.3. The SMILES string of the molecule is C=C(C)Nc1cc(-c2ccc(C(O)N(C(=O)C3CCCCC3)c3cccc(/C=C/C(=O)OC)c3)cc2)ccc1C. The van der Waals surface area contributed by atoms with Gasteiger partial charge in [0.1, 0.15) is 0 Å². The quantitative estimate of drug-likeness (QED) is 0.169. The van der Waals surface area contributed by atoms with Crippen LogP contribution in [0.2, 0.25) is 0 Å². The molecule has 0 aromatic heterocycles. The number of aliphatic hydroxyl groups excluding tert-OH is 1. The Kier molecular flexibility index (Phi) is 9.56. The predicted molar refractivity (Wildman–Crippen MR) is 162 cm³/mol. The monoisotopic (exact) mass is 538 g/mol. The normalized spacial score (nSPS) is 14.5. The molecule has 1 saturated carbocycles. The number of nitrogens with one attached hydrogen (secondary N) is 1. The van der Waals surface area contributed by atoms with Crippen LogP contribution in [-0.4, -0.2) is 24.1 Å². The zero-order valence-corrected chi connectivity index (χ0v) is 23.5. The highest BCUT2D eigenvalue weighted by Gasteiger charge is 2.32. The highest BCUT2D eigenvalue weighted by molar-refractivity contribution is 5.96. The summed E-state index contributed by atoms with van der Waals surface area (Å²) in [5.74, 6) is -0.681. The second kappa shape index (κ2) is 13.3. The van der Waals surface area contributed by atoms with Gasteiger partial charge in [0.2, 0.25) is 5.91 Å². The third-order valence-corrected chi connectivity index (χ3v) is 7.33. The number of nitrogens with zero attached hydrogens (tertiary/aromatic N) is 1. The van der Waals surface area contributed by atoms with Crippen molar-refractivity contribution < 1.29 is 19.4 Å². The van der Waals surface area contributed by atoms with E-state index in [9.17, 15) is 14.7 Å². The zero-order chi connectivity index (χ0) is 28.6. The number of carbonyl (C=O) groups is 2. The lowest BCUT2D eigenvalue weighted by atomic mass is 9.88. The second-order valence-corrected chi connectivity index (χ2v) is 10.4. The summed E-state index contributed by atoms with van der Waals surface area (Å²) in [6.45, 7) is 7.92. The van der Waals surface area contributed by atoms with Gasteiger partial charge >= 0.3 is 5.97 Å². The maximum Gasteiger partial charge on any atom is 0.330 e. The first kappa shape index (κ1) is 28.8. The summed E-state index contributed by atoms with van der Waals surface area (Å²) < 4.78 is 4.70. The van der Waals surface area contributed by atoms with Gasteiger partial charge in [-0.2, -0.15) is 0 Å². The van der Waals surface area contributed by atoms with E-state index in [0.717, 1.165) is 65.7 Å². The van der Waals surface area contributed by atoms with Gasteiger partial charge in [0.25, 0.3) is 0 Å². The molecule has 2 N–H and O–H groups in total. The predicted octanol–water partition coefficient (Wildman–Crippen LogP) is 7.40. The largest absolute Gasteiger partial charge is 0.466 e. The molecule has 40 heavy (non-hydrogen) atoms. The van der Waals surface area contributed by atoms with Gasteiger partial charge in [-0.3, -0.25) is 9.69 Å². The number of aryl methyl sites for hydroxylation is 1. The Labute approximate surface area is 237 Å². The van der Waals surface area contributed by atoms with E-state index in [2.05, 4.69) is 30.1 Å². The Morgan fingerprint density at radius 1 is 1.02 bits per heavy atom. The van der Waals surface area contributed by atoms with Crippen molar-refractivity contribution in [2.24, 2.45) is 5.92 Å². The van der Waals surface area contributed by atoms with Crippen LogP contribution in [-0.2, 0) is 14.3 Å². The smallest absolute Gasteiger partial charge is 0.330 e. The van der Waals surface area contributed by atoms with Crippen molar-refractivity contribution in [2.75, 3.05) is 17.3 Å². The van der Waals surface area contributed by atoms with E-state index < -0.39 is 12.2 Å². The van der Waals surface area contributed by atoms with E-state index >= 15 is 0 Å². The van der Waals surface area contributed by atoms with Crippen molar-refractivity contribution in [3.8, 4) is 11.1 Å². The van der Waals surface area contributed by atoms with E-state index in [-0.39, 0.29) is 11.8 Å². The maximum atomic E-state index is 13.8. The summed E-state index contributed by atoms with van der Waals surface area (Å²) in [6, 6.07) is 21.2. The molecule has 3 aromatic rings. The summed E-state index contributed by atoms with van der Waals surface area (Å²) in [7, 11) is 1.33. The third kappa shape index (κ3) is 7.07. The Morgan fingerprint density at radius 3 is 2.40 bits per heavy atom. The van der Waals surface area contributed by atoms with E-state index in [4.69, 9.17) is 4.74 Å². The van der Waals surface area contributed by atoms with Crippen LogP contribution in [0.5, 0.6) is 0 Å². The molecule has 3 aromatic carbocycles. The van der Waals surface area contributed by atoms with Crippen molar-refractivity contribution in [1.82, 2.24) is 0 Å². The summed E-state index contributed by atoms with van der Waals surface area (Å²) in [5, 5.41) is 14.9. The van der Waals surface area contributed by atoms with Gasteiger partial charge in [0.05, 0.1) is 7.11 Å². The van der Waals surface area contributed by atoms with Crippen LogP contribution in [0.15, 0.2) is 85.1 Å². The summed E-state index contributed by atoms with van der Waals surface area (Å²) in [6.07, 6.45) is 6.59. The minimum atomic E-state index is -1.16. The Hall–Kier alpha value is -4.16. The summed E-state index contributed by atoms with van der Waals surface area (Å²) in [4.78, 5) is 26.9. The molecule has 1 fully saturated rings. The van der Waals surface area contributed by atoms with Crippen LogP contribution in [0.25, 0.3) is 17.2 Å². The number of esters is 1. The number of amides is 1. The topological polar surface area (TPSA) is 78.9 Å². The highest BCUT2D eigenvalue weighted by atomic mass is 16.5. The number of hydrogen-bond donors (Lipinski definition) is 2. The highest BCUT2D eigenvalue weighted by Crippen LogP contribution is 2.34. The first-order valence-corrected chi connectivity index (χ1v) is 13.8. The van der Waals surface area contributed by atoms with E-state index in [0.29, 0.717) is 11.3 Å². The Balaban J connectivity index is 1.65. The summed E-state index contributed by atoms with van der Waals surface area (Å²) >= 11 is 0. The molecule has 1 atom stereocenters. The third-order valence-electron chi connectivity index (χ3n) is 7.33. The molecular weight excluding hydrogens is 500 g/mol. The van der Waals surface area contributed by atoms with Crippen LogP contribution in [0.4, 0.5) is 11.4 Å². The minimum Gasteiger partial charge on any atom is -0.466 e. The van der Waals surface area contributed by atoms with E-state index in [1.54, 1.807) is 12.1 Å². The number of methoxy groups -OCH3 is 1. The lowest BCUT2D eigenvalue weighted by molar-refractivity contribution is -0.134. The number of hydrogen-bond acceptors (Lipinski definition) is 5. The van der Waals surface area contributed by atoms with Crippen LogP contribution in [0.3, 0.4) is 0 Å². The molecule has 1 amide bonds. The number of rotatable bonds is 9. The van der Waals surface area contributed by atoms with Crippen LogP contribution in [0.1, 0.15) is 61.9 Å². The van der Waals surface area contributed by atoms with Gasteiger partial charge in [-0.05, 0) is 73.2 Å². The zero-order valence-electron chi connectivity index (χ0n) is 23.5. The van der Waals surface area contributed by atoms with Crippen molar-refractivity contribution >= 4 is 29.3 Å². The standard InChI is InChI=1S/C34H38N2O4/c1-23(2)35-31-22-29(15-13-24(31)3)26-16-18-28(19-17-26)34(39)36(33(38)27-10-6-5-7-11-27)30-12-8-9-25(21-30)14-20-32(37)40-4/h8-9,12-22,27,34-35,39H,1,5-7,10-11H2,2-4H3/b20-14+. The lowest BCUT2D eigenvalue weighted by Gasteiger charge is -2.33. The molecule has 0 aliphatic heterocycles. The Bertz CT molecular complexity index is 1390. The van der Waals surface area contributed by atoms with Gasteiger partial charge in [-0.1, -0.05) is 74.4 Å². The molecule has 6 heteroatoms. The van der Waals surface area contributed by atoms with Gasteiger partial charge < -0.3 is 15.2 Å². The minimum absolute atomic E-state index is 0.0839. The Morgan fingerprint density at radius 2 is 1.73 bits per heavy atom. The molecule has 0 saturated heterocycles. The first-order valence-electron chi connectivity index (χ1n) is 13.8. The second-order valence-electron chi connectivity index (χ2n) is 10.4. The molecular formula is C34H38N2O4. The molecule has 6 nitrogen and oxygen atoms in total. The van der Waals surface area contributed by atoms with Gasteiger partial charge in [0, 0.05) is 34.6 Å². The average Bonchev–Trinajstić information content (AvgIpc) is 2.97. The molecule has 0 heterocycles. The van der Waals surface area contributed by atoms with Crippen LogP contribution >= 0.6 is 0 Å². The average molecular weight is 539 g/mol. The molecule has 1 aliphatic carbocycles. The number of anilines is 2. The van der Waals surface area contributed by atoms with Gasteiger partial charge in [0.15, 0.2) is 6.23 Å². The lowest BCUT2D eigenvalue weighted by Crippen LogP contribution is -2.40. The van der Waals surface area contributed by atoms with Crippen LogP contribution < -0.4 is 10.2 Å². The van der Waals surface area contributed by atoms with Crippen molar-refractivity contribution in [1.29, 1.82) is 0 Å². The van der Waals surface area contributed by atoms with E-state index in [1.807, 2.05) is 56.3 Å². The molecule has 0 spiro atoms. The molecule has 4 rings (SSSR count). The summed E-state index contributed by atoms with van der Waals surface area (Å²) in [5.41, 5.74) is 6.95. The van der Waals surface area contributed by atoms with Gasteiger partial charge in [-0.25, -0.2) is 4.79 Å². The fourth-order valence-electron chi connectivity index (χ4n) is 5.11. The fraction of sp³-hybridized carbons (Fsp3) is 0.294. The number of ether oxygens (including phenoxy) is 1. The molecule has 208 valence electrons. The molecule has 1 unspecified atom stereocenters. The van der Waals surface area contributed by atoms with Crippen molar-refractivity contribution in [3.05, 3.63) is 102 Å². The maximum absolute atomic E-state index is 13.8. The van der Waals surface area contributed by atoms with Crippen molar-refractivity contribution in [3.63, 3.8) is 0 Å². The number of allylic oxidation sites excluding steroid dienone is 1. The number of benzene rings is 3. The van der Waals surface area contributed by atoms with Gasteiger partial charge in [-0.15, -0.1) is 0 Å². The molecule has 0 radical (unpaired) electrons. The van der Waals surface area contributed by atoms with Crippen LogP contribution in [0, 0.1) is 12.8 Å². The molecule has 0 bridgehead atoms. The number of aliphatic hydroxyl groups is 1. The number of carbonyl (C=O) groups excluding carboxylic acids is 2. The fourth-order valence-corrected chi connectivity index (χ4v) is 5.11.